The SMILES string of the molecule is COc1ccccc1-n1cccc1[C@H]1[C@H](c2ccccn2)NC(=S)N1c1ccc(NS(C)(=O)=O)c(C)c1. The summed E-state index contributed by atoms with van der Waals surface area (Å²) in [5.74, 6) is 0.751. The van der Waals surface area contributed by atoms with Crippen molar-refractivity contribution in [3.63, 3.8) is 0 Å². The number of thiocarbonyl (C=S) groups is 1. The van der Waals surface area contributed by atoms with Gasteiger partial charge < -0.3 is 19.5 Å². The number of nitrogens with zero attached hydrogens (tertiary/aromatic N) is 3. The molecule has 8 nitrogen and oxygen atoms in total. The summed E-state index contributed by atoms with van der Waals surface area (Å²) in [6, 6.07) is 22.9. The Labute approximate surface area is 222 Å². The van der Waals surface area contributed by atoms with Gasteiger partial charge in [-0.25, -0.2) is 8.42 Å². The number of hydrogen-bond acceptors (Lipinski definition) is 5. The summed E-state index contributed by atoms with van der Waals surface area (Å²) in [5, 5.41) is 4.03. The Kier molecular flexibility index (Phi) is 6.61. The highest BCUT2D eigenvalue weighted by molar-refractivity contribution is 7.92. The van der Waals surface area contributed by atoms with Crippen molar-refractivity contribution in [2.75, 3.05) is 23.0 Å². The first-order chi connectivity index (χ1) is 17.8. The van der Waals surface area contributed by atoms with Crippen LogP contribution in [0.3, 0.4) is 0 Å². The van der Waals surface area contributed by atoms with Crippen LogP contribution in [-0.2, 0) is 10.0 Å². The lowest BCUT2D eigenvalue weighted by Gasteiger charge is -2.29. The van der Waals surface area contributed by atoms with Gasteiger partial charge in [0.1, 0.15) is 11.8 Å². The number of sulfonamides is 1. The van der Waals surface area contributed by atoms with Crippen LogP contribution in [0.5, 0.6) is 5.75 Å². The van der Waals surface area contributed by atoms with E-state index >= 15 is 0 Å². The summed E-state index contributed by atoms with van der Waals surface area (Å²) in [6.07, 6.45) is 4.92. The van der Waals surface area contributed by atoms with Gasteiger partial charge >= 0.3 is 0 Å². The first kappa shape index (κ1) is 24.8. The molecule has 10 heteroatoms. The van der Waals surface area contributed by atoms with Crippen molar-refractivity contribution < 1.29 is 13.2 Å². The molecule has 1 fully saturated rings. The van der Waals surface area contributed by atoms with Gasteiger partial charge in [0.25, 0.3) is 0 Å². The molecule has 2 aromatic carbocycles. The molecule has 1 aliphatic heterocycles. The number of aryl methyl sites for hydroxylation is 1. The molecule has 0 bridgehead atoms. The number of rotatable bonds is 7. The van der Waals surface area contributed by atoms with Crippen LogP contribution in [0.4, 0.5) is 11.4 Å². The number of benzene rings is 2. The average Bonchev–Trinajstić information content (AvgIpc) is 3.49. The fraction of sp³-hybridized carbons (Fsp3) is 0.185. The predicted octanol–water partition coefficient (Wildman–Crippen LogP) is 4.74. The van der Waals surface area contributed by atoms with Gasteiger partial charge in [-0.15, -0.1) is 0 Å². The minimum Gasteiger partial charge on any atom is -0.495 e. The standard InChI is InChI=1S/C27H27N5O3S2/c1-18-17-19(13-14-20(18)30-37(3,33)34)32-26(25(29-27(32)36)21-9-6-7-15-28-21)23-11-8-16-31(23)22-10-4-5-12-24(22)35-2/h4-17,25-26,30H,1-3H3,(H,29,36)/t25-,26-/m0/s1. The van der Waals surface area contributed by atoms with Crippen LogP contribution in [0, 0.1) is 6.92 Å². The minimum atomic E-state index is -3.40. The summed E-state index contributed by atoms with van der Waals surface area (Å²) < 4.78 is 33.9. The first-order valence-electron chi connectivity index (χ1n) is 11.7. The van der Waals surface area contributed by atoms with Crippen LogP contribution in [0.15, 0.2) is 85.2 Å². The van der Waals surface area contributed by atoms with Gasteiger partial charge in [0.05, 0.1) is 36.5 Å². The van der Waals surface area contributed by atoms with E-state index in [1.807, 2.05) is 73.8 Å². The second kappa shape index (κ2) is 9.87. The van der Waals surface area contributed by atoms with Crippen molar-refractivity contribution in [1.29, 1.82) is 0 Å². The number of aromatic nitrogens is 2. The highest BCUT2D eigenvalue weighted by Gasteiger charge is 2.42. The van der Waals surface area contributed by atoms with E-state index in [-0.39, 0.29) is 12.1 Å². The Morgan fingerprint density at radius 1 is 1.05 bits per heavy atom. The van der Waals surface area contributed by atoms with Crippen molar-refractivity contribution in [2.45, 2.75) is 19.0 Å². The quantitative estimate of drug-likeness (QED) is 0.332. The van der Waals surface area contributed by atoms with Crippen molar-refractivity contribution in [3.05, 3.63) is 102 Å². The second-order valence-electron chi connectivity index (χ2n) is 8.84. The van der Waals surface area contributed by atoms with Crippen LogP contribution < -0.4 is 19.7 Å². The van der Waals surface area contributed by atoms with E-state index in [9.17, 15) is 8.42 Å². The molecule has 2 aromatic heterocycles. The van der Waals surface area contributed by atoms with E-state index in [0.29, 0.717) is 10.8 Å². The summed E-state index contributed by atoms with van der Waals surface area (Å²) in [6.45, 7) is 1.87. The smallest absolute Gasteiger partial charge is 0.229 e. The maximum atomic E-state index is 11.8. The van der Waals surface area contributed by atoms with E-state index in [0.717, 1.165) is 40.3 Å². The molecular weight excluding hydrogens is 506 g/mol. The van der Waals surface area contributed by atoms with Gasteiger partial charge in [-0.3, -0.25) is 9.71 Å². The van der Waals surface area contributed by atoms with Crippen molar-refractivity contribution in [2.24, 2.45) is 0 Å². The fourth-order valence-corrected chi connectivity index (χ4v) is 5.70. The van der Waals surface area contributed by atoms with Gasteiger partial charge in [0.2, 0.25) is 10.0 Å². The third-order valence-electron chi connectivity index (χ3n) is 6.31. The van der Waals surface area contributed by atoms with Gasteiger partial charge in [0, 0.05) is 23.8 Å². The number of para-hydroxylation sites is 2. The fourth-order valence-electron chi connectivity index (χ4n) is 4.73. The van der Waals surface area contributed by atoms with Crippen molar-refractivity contribution in [3.8, 4) is 11.4 Å². The van der Waals surface area contributed by atoms with E-state index in [4.69, 9.17) is 17.0 Å². The van der Waals surface area contributed by atoms with Crippen LogP contribution in [-0.4, -0.2) is 36.4 Å². The molecule has 0 radical (unpaired) electrons. The van der Waals surface area contributed by atoms with E-state index in [2.05, 4.69) is 30.6 Å². The van der Waals surface area contributed by atoms with Crippen molar-refractivity contribution in [1.82, 2.24) is 14.9 Å². The van der Waals surface area contributed by atoms with Crippen molar-refractivity contribution >= 4 is 38.7 Å². The van der Waals surface area contributed by atoms with E-state index < -0.39 is 10.0 Å². The van der Waals surface area contributed by atoms with Crippen LogP contribution in [0.1, 0.15) is 29.0 Å². The lowest BCUT2D eigenvalue weighted by molar-refractivity contribution is 0.412. The molecule has 0 amide bonds. The molecule has 2 atom stereocenters. The predicted molar refractivity (Wildman–Crippen MR) is 150 cm³/mol. The van der Waals surface area contributed by atoms with E-state index in [1.54, 1.807) is 19.4 Å². The molecule has 1 aliphatic rings. The lowest BCUT2D eigenvalue weighted by atomic mass is 10.00. The third-order valence-corrected chi connectivity index (χ3v) is 7.21. The molecule has 3 heterocycles. The average molecular weight is 534 g/mol. The molecule has 190 valence electrons. The van der Waals surface area contributed by atoms with Crippen LogP contribution in [0.2, 0.25) is 0 Å². The summed E-state index contributed by atoms with van der Waals surface area (Å²) >= 11 is 5.86. The molecule has 4 aromatic rings. The van der Waals surface area contributed by atoms with Gasteiger partial charge in [-0.05, 0) is 79.3 Å². The van der Waals surface area contributed by atoms with Crippen LogP contribution >= 0.6 is 12.2 Å². The molecule has 0 aliphatic carbocycles. The zero-order valence-electron chi connectivity index (χ0n) is 20.6. The number of ether oxygens (including phenoxy) is 1. The Hall–Kier alpha value is -3.89. The third kappa shape index (κ3) is 4.90. The second-order valence-corrected chi connectivity index (χ2v) is 11.0. The van der Waals surface area contributed by atoms with Gasteiger partial charge in [-0.2, -0.15) is 0 Å². The molecular formula is C27H27N5O3S2. The Balaban J connectivity index is 1.65. The molecule has 5 rings (SSSR count). The maximum absolute atomic E-state index is 11.8. The molecule has 0 spiro atoms. The highest BCUT2D eigenvalue weighted by atomic mass is 32.2. The van der Waals surface area contributed by atoms with Crippen LogP contribution in [0.25, 0.3) is 5.69 Å². The molecule has 1 saturated heterocycles. The highest BCUT2D eigenvalue weighted by Crippen LogP contribution is 2.43. The zero-order valence-corrected chi connectivity index (χ0v) is 22.3. The normalized spacial score (nSPS) is 17.5. The summed E-state index contributed by atoms with van der Waals surface area (Å²) in [4.78, 5) is 6.69. The number of anilines is 2. The molecule has 0 saturated carbocycles. The molecule has 2 N–H and O–H groups in total. The summed E-state index contributed by atoms with van der Waals surface area (Å²) in [5.41, 5.74) is 4.91. The number of hydrogen-bond donors (Lipinski definition) is 2. The van der Waals surface area contributed by atoms with Gasteiger partial charge in [-0.1, -0.05) is 18.2 Å². The lowest BCUT2D eigenvalue weighted by Crippen LogP contribution is -2.30. The Morgan fingerprint density at radius 3 is 2.54 bits per heavy atom. The Morgan fingerprint density at radius 2 is 1.84 bits per heavy atom. The number of pyridine rings is 1. The largest absolute Gasteiger partial charge is 0.495 e. The molecule has 37 heavy (non-hydrogen) atoms. The first-order valence-corrected chi connectivity index (χ1v) is 14.0. The number of nitrogens with one attached hydrogen (secondary N) is 2. The maximum Gasteiger partial charge on any atom is 0.229 e. The van der Waals surface area contributed by atoms with E-state index in [1.165, 1.54) is 0 Å². The monoisotopic (exact) mass is 533 g/mol. The zero-order chi connectivity index (χ0) is 26.2. The molecule has 0 unspecified atom stereocenters. The Bertz CT molecular complexity index is 1550. The minimum absolute atomic E-state index is 0.230. The topological polar surface area (TPSA) is 88.5 Å². The van der Waals surface area contributed by atoms with Gasteiger partial charge in [0.15, 0.2) is 5.11 Å². The summed E-state index contributed by atoms with van der Waals surface area (Å²) in [7, 11) is -1.74. The number of methoxy groups -OCH3 is 1.